The number of carbonyl (C=O) groups is 2. The summed E-state index contributed by atoms with van der Waals surface area (Å²) in [5.74, 6) is -1.29. The monoisotopic (exact) mass is 194 g/mol. The van der Waals surface area contributed by atoms with Gasteiger partial charge in [0.25, 0.3) is 5.91 Å². The van der Waals surface area contributed by atoms with Crippen molar-refractivity contribution < 1.29 is 14.3 Å². The first-order valence-corrected chi connectivity index (χ1v) is 4.01. The number of esters is 1. The fourth-order valence-corrected chi connectivity index (χ4v) is 0.770. The lowest BCUT2D eigenvalue weighted by molar-refractivity contribution is -0.125. The zero-order chi connectivity index (χ0) is 10.6. The molecule has 0 bridgehead atoms. The minimum absolute atomic E-state index is 0.292. The molecule has 14 heavy (non-hydrogen) atoms. The molecule has 1 aromatic heterocycles. The van der Waals surface area contributed by atoms with E-state index < -0.39 is 18.0 Å². The minimum atomic E-state index is -0.928. The summed E-state index contributed by atoms with van der Waals surface area (Å²) in [4.78, 5) is 25.6. The maximum Gasteiger partial charge on any atom is 0.340 e. The van der Waals surface area contributed by atoms with Crippen LogP contribution in [0.15, 0.2) is 24.5 Å². The number of pyridine rings is 1. The van der Waals surface area contributed by atoms with Crippen molar-refractivity contribution in [2.75, 3.05) is 0 Å². The molecule has 5 nitrogen and oxygen atoms in total. The highest BCUT2D eigenvalue weighted by Crippen LogP contribution is 2.01. The predicted octanol–water partition coefficient (Wildman–Crippen LogP) is 0.112. The summed E-state index contributed by atoms with van der Waals surface area (Å²) in [6.45, 7) is 1.41. The summed E-state index contributed by atoms with van der Waals surface area (Å²) < 4.78 is 4.74. The lowest BCUT2D eigenvalue weighted by Crippen LogP contribution is -2.30. The lowest BCUT2D eigenvalue weighted by Gasteiger charge is -2.08. The van der Waals surface area contributed by atoms with E-state index in [4.69, 9.17) is 10.5 Å². The number of ether oxygens (including phenoxy) is 1. The third-order valence-electron chi connectivity index (χ3n) is 1.58. The van der Waals surface area contributed by atoms with Gasteiger partial charge in [0.15, 0.2) is 6.10 Å². The van der Waals surface area contributed by atoms with Crippen molar-refractivity contribution in [1.29, 1.82) is 0 Å². The smallest absolute Gasteiger partial charge is 0.340 e. The van der Waals surface area contributed by atoms with Crippen LogP contribution < -0.4 is 5.73 Å². The van der Waals surface area contributed by atoms with Gasteiger partial charge in [-0.15, -0.1) is 0 Å². The van der Waals surface area contributed by atoms with Gasteiger partial charge in [0.2, 0.25) is 0 Å². The van der Waals surface area contributed by atoms with Crippen LogP contribution in [-0.2, 0) is 9.53 Å². The summed E-state index contributed by atoms with van der Waals surface area (Å²) in [5, 5.41) is 0. The number of hydrogen-bond acceptors (Lipinski definition) is 4. The molecule has 0 radical (unpaired) electrons. The molecule has 74 valence electrons. The third-order valence-corrected chi connectivity index (χ3v) is 1.58. The van der Waals surface area contributed by atoms with Crippen LogP contribution in [0.25, 0.3) is 0 Å². The van der Waals surface area contributed by atoms with Crippen LogP contribution in [0.4, 0.5) is 0 Å². The highest BCUT2D eigenvalue weighted by Gasteiger charge is 2.15. The van der Waals surface area contributed by atoms with Gasteiger partial charge in [-0.05, 0) is 19.1 Å². The quantitative estimate of drug-likeness (QED) is 0.692. The molecule has 1 rings (SSSR count). The zero-order valence-corrected chi connectivity index (χ0v) is 7.64. The Morgan fingerprint density at radius 2 is 2.29 bits per heavy atom. The molecule has 1 heterocycles. The van der Waals surface area contributed by atoms with Crippen molar-refractivity contribution in [1.82, 2.24) is 4.98 Å². The second kappa shape index (κ2) is 4.36. The summed E-state index contributed by atoms with van der Waals surface area (Å²) in [7, 11) is 0. The molecule has 1 amide bonds. The number of aromatic nitrogens is 1. The number of primary amides is 1. The Hall–Kier alpha value is -1.91. The molecule has 0 aliphatic rings. The topological polar surface area (TPSA) is 82.3 Å². The first-order valence-electron chi connectivity index (χ1n) is 4.01. The third kappa shape index (κ3) is 2.55. The zero-order valence-electron chi connectivity index (χ0n) is 7.64. The van der Waals surface area contributed by atoms with Crippen molar-refractivity contribution in [3.05, 3.63) is 30.1 Å². The molecule has 0 aliphatic heterocycles. The second-order valence-corrected chi connectivity index (χ2v) is 2.69. The molecule has 0 saturated carbocycles. The Bertz CT molecular complexity index is 337. The van der Waals surface area contributed by atoms with Crippen molar-refractivity contribution in [2.45, 2.75) is 13.0 Å². The van der Waals surface area contributed by atoms with Gasteiger partial charge in [-0.1, -0.05) is 0 Å². The Kier molecular flexibility index (Phi) is 3.17. The first kappa shape index (κ1) is 10.2. The standard InChI is InChI=1S/C9H10N2O3/c1-6(8(10)12)14-9(13)7-3-2-4-11-5-7/h2-6H,1H3,(H2,10,12). The molecular weight excluding hydrogens is 184 g/mol. The number of nitrogens with two attached hydrogens (primary N) is 1. The van der Waals surface area contributed by atoms with Gasteiger partial charge in [0.1, 0.15) is 0 Å². The largest absolute Gasteiger partial charge is 0.449 e. The van der Waals surface area contributed by atoms with Gasteiger partial charge >= 0.3 is 5.97 Å². The van der Waals surface area contributed by atoms with E-state index in [0.29, 0.717) is 5.56 Å². The van der Waals surface area contributed by atoms with Crippen LogP contribution in [0.5, 0.6) is 0 Å². The van der Waals surface area contributed by atoms with Gasteiger partial charge in [-0.2, -0.15) is 0 Å². The van der Waals surface area contributed by atoms with Crippen molar-refractivity contribution in [3.8, 4) is 0 Å². The molecule has 0 aromatic carbocycles. The Morgan fingerprint density at radius 1 is 1.57 bits per heavy atom. The molecule has 1 unspecified atom stereocenters. The highest BCUT2D eigenvalue weighted by molar-refractivity contribution is 5.91. The molecule has 1 aromatic rings. The molecule has 0 spiro atoms. The van der Waals surface area contributed by atoms with Crippen LogP contribution in [0.3, 0.4) is 0 Å². The molecule has 1 atom stereocenters. The molecule has 0 fully saturated rings. The van der Waals surface area contributed by atoms with Crippen LogP contribution in [0, 0.1) is 0 Å². The summed E-state index contributed by atoms with van der Waals surface area (Å²) in [6.07, 6.45) is 1.97. The Labute approximate surface area is 80.9 Å². The van der Waals surface area contributed by atoms with Crippen LogP contribution in [-0.4, -0.2) is 23.0 Å². The van der Waals surface area contributed by atoms with E-state index in [0.717, 1.165) is 0 Å². The van der Waals surface area contributed by atoms with Gasteiger partial charge in [-0.25, -0.2) is 4.79 Å². The normalized spacial score (nSPS) is 11.8. The van der Waals surface area contributed by atoms with E-state index in [2.05, 4.69) is 4.98 Å². The molecule has 0 saturated heterocycles. The first-order chi connectivity index (χ1) is 6.61. The summed E-state index contributed by atoms with van der Waals surface area (Å²) >= 11 is 0. The lowest BCUT2D eigenvalue weighted by atomic mass is 10.3. The molecule has 2 N–H and O–H groups in total. The van der Waals surface area contributed by atoms with Crippen LogP contribution >= 0.6 is 0 Å². The van der Waals surface area contributed by atoms with Gasteiger partial charge in [-0.3, -0.25) is 9.78 Å². The van der Waals surface area contributed by atoms with E-state index in [1.807, 2.05) is 0 Å². The SMILES string of the molecule is CC(OC(=O)c1cccnc1)C(N)=O. The van der Waals surface area contributed by atoms with E-state index >= 15 is 0 Å². The number of rotatable bonds is 3. The second-order valence-electron chi connectivity index (χ2n) is 2.69. The maximum atomic E-state index is 11.3. The van der Waals surface area contributed by atoms with Gasteiger partial charge < -0.3 is 10.5 Å². The average Bonchev–Trinajstić information content (AvgIpc) is 2.19. The minimum Gasteiger partial charge on any atom is -0.449 e. The van der Waals surface area contributed by atoms with Crippen LogP contribution in [0.2, 0.25) is 0 Å². The van der Waals surface area contributed by atoms with E-state index in [-0.39, 0.29) is 0 Å². The Balaban J connectivity index is 2.64. The van der Waals surface area contributed by atoms with E-state index in [1.54, 1.807) is 12.1 Å². The molecule has 0 aliphatic carbocycles. The van der Waals surface area contributed by atoms with E-state index in [1.165, 1.54) is 19.3 Å². The maximum absolute atomic E-state index is 11.3. The van der Waals surface area contributed by atoms with Crippen molar-refractivity contribution >= 4 is 11.9 Å². The number of nitrogens with zero attached hydrogens (tertiary/aromatic N) is 1. The summed E-state index contributed by atoms with van der Waals surface area (Å²) in [5.41, 5.74) is 5.22. The van der Waals surface area contributed by atoms with Crippen LogP contribution in [0.1, 0.15) is 17.3 Å². The number of amides is 1. The number of carbonyl (C=O) groups excluding carboxylic acids is 2. The summed E-state index contributed by atoms with van der Waals surface area (Å²) in [6, 6.07) is 3.15. The average molecular weight is 194 g/mol. The molecule has 5 heteroatoms. The molecular formula is C9H10N2O3. The van der Waals surface area contributed by atoms with Gasteiger partial charge in [0.05, 0.1) is 5.56 Å². The fourth-order valence-electron chi connectivity index (χ4n) is 0.770. The van der Waals surface area contributed by atoms with E-state index in [9.17, 15) is 9.59 Å². The predicted molar refractivity (Wildman–Crippen MR) is 48.3 cm³/mol. The Morgan fingerprint density at radius 3 is 2.79 bits per heavy atom. The highest BCUT2D eigenvalue weighted by atomic mass is 16.5. The number of hydrogen-bond donors (Lipinski definition) is 1. The van der Waals surface area contributed by atoms with Crippen molar-refractivity contribution in [2.24, 2.45) is 5.73 Å². The van der Waals surface area contributed by atoms with Gasteiger partial charge in [0, 0.05) is 12.4 Å². The van der Waals surface area contributed by atoms with Crippen molar-refractivity contribution in [3.63, 3.8) is 0 Å². The fraction of sp³-hybridized carbons (Fsp3) is 0.222.